The third kappa shape index (κ3) is 5.75. The first kappa shape index (κ1) is 20.3. The summed E-state index contributed by atoms with van der Waals surface area (Å²) < 4.78 is 1.84. The molecule has 0 saturated heterocycles. The maximum Gasteiger partial charge on any atom is 0.290 e. The van der Waals surface area contributed by atoms with Crippen molar-refractivity contribution >= 4 is 12.4 Å². The van der Waals surface area contributed by atoms with Crippen LogP contribution in [-0.2, 0) is 11.2 Å². The summed E-state index contributed by atoms with van der Waals surface area (Å²) in [5.74, 6) is 0.587. The minimum atomic E-state index is -0.250. The maximum atomic E-state index is 12.3. The van der Waals surface area contributed by atoms with Gasteiger partial charge >= 0.3 is 0 Å². The number of benzene rings is 1. The molecule has 0 bridgehead atoms. The zero-order valence-corrected chi connectivity index (χ0v) is 16.3. The summed E-state index contributed by atoms with van der Waals surface area (Å²) in [7, 11) is 0. The third-order valence-corrected chi connectivity index (χ3v) is 4.80. The van der Waals surface area contributed by atoms with Crippen LogP contribution in [0.4, 0.5) is 0 Å². The Kier molecular flexibility index (Phi) is 6.73. The van der Waals surface area contributed by atoms with Crippen molar-refractivity contribution in [2.75, 3.05) is 6.54 Å². The Labute approximate surface area is 169 Å². The van der Waals surface area contributed by atoms with Gasteiger partial charge in [0.2, 0.25) is 0 Å². The lowest BCUT2D eigenvalue weighted by atomic mass is 10.0. The van der Waals surface area contributed by atoms with Crippen molar-refractivity contribution in [2.24, 2.45) is 5.92 Å². The van der Waals surface area contributed by atoms with Crippen molar-refractivity contribution < 1.29 is 14.7 Å². The van der Waals surface area contributed by atoms with Gasteiger partial charge in [0.25, 0.3) is 12.4 Å². The minimum Gasteiger partial charge on any atom is -0.483 e. The first-order valence-electron chi connectivity index (χ1n) is 9.51. The number of aryl methyl sites for hydroxylation is 1. The van der Waals surface area contributed by atoms with Crippen molar-refractivity contribution in [3.63, 3.8) is 0 Å². The lowest BCUT2D eigenvalue weighted by Crippen LogP contribution is -2.26. The number of carbonyl (C=O) groups is 2. The second-order valence-electron chi connectivity index (χ2n) is 7.05. The highest BCUT2D eigenvalue weighted by Gasteiger charge is 2.22. The molecule has 7 nitrogen and oxygen atoms in total. The van der Waals surface area contributed by atoms with Gasteiger partial charge in [-0.3, -0.25) is 14.6 Å². The molecule has 1 aromatic carbocycles. The maximum absolute atomic E-state index is 12.3. The molecule has 1 fully saturated rings. The van der Waals surface area contributed by atoms with E-state index in [0.29, 0.717) is 11.6 Å². The van der Waals surface area contributed by atoms with E-state index in [0.717, 1.165) is 29.8 Å². The fourth-order valence-electron chi connectivity index (χ4n) is 2.94. The molecule has 1 aliphatic rings. The molecule has 0 spiro atoms. The lowest BCUT2D eigenvalue weighted by Gasteiger charge is -2.10. The van der Waals surface area contributed by atoms with Gasteiger partial charge in [-0.1, -0.05) is 12.1 Å². The Hall–Kier alpha value is -3.48. The van der Waals surface area contributed by atoms with Gasteiger partial charge in [0.05, 0.1) is 5.69 Å². The average Bonchev–Trinajstić information content (AvgIpc) is 3.40. The Bertz CT molecular complexity index is 949. The van der Waals surface area contributed by atoms with Gasteiger partial charge in [-0.05, 0) is 73.1 Å². The molecule has 0 unspecified atom stereocenters. The molecule has 7 heteroatoms. The number of amides is 1. The minimum absolute atomic E-state index is 0.0767. The smallest absolute Gasteiger partial charge is 0.290 e. The molecular weight excluding hydrogens is 368 g/mol. The molecule has 1 amide bonds. The van der Waals surface area contributed by atoms with Crippen LogP contribution in [0.1, 0.15) is 40.0 Å². The Morgan fingerprint density at radius 3 is 2.66 bits per heavy atom. The lowest BCUT2D eigenvalue weighted by molar-refractivity contribution is -0.122. The molecule has 2 heterocycles. The van der Waals surface area contributed by atoms with Gasteiger partial charge in [0.15, 0.2) is 0 Å². The van der Waals surface area contributed by atoms with E-state index in [1.165, 1.54) is 18.4 Å². The van der Waals surface area contributed by atoms with E-state index in [4.69, 9.17) is 9.90 Å². The summed E-state index contributed by atoms with van der Waals surface area (Å²) in [6.45, 7) is 2.55. The second kappa shape index (κ2) is 9.64. The van der Waals surface area contributed by atoms with Crippen LogP contribution < -0.4 is 5.32 Å². The first-order chi connectivity index (χ1) is 14.1. The molecular formula is C22H24N4O3. The standard InChI is InChI=1S/C21H22N4O.CH2O2/c1-15-13-22-20(21(26)23-14-17-3-4-17)12-18(15)11-16-5-7-19(8-6-16)25-10-2-9-24-25;2-1-3/h2,5-10,12-13,17H,3-4,11,14H2,1H3,(H,23,26);1H,(H,2,3). The fourth-order valence-corrected chi connectivity index (χ4v) is 2.94. The highest BCUT2D eigenvalue weighted by atomic mass is 16.3. The fraction of sp³-hybridized carbons (Fsp3) is 0.273. The number of carboxylic acid groups (broad SMARTS) is 1. The molecule has 29 heavy (non-hydrogen) atoms. The number of hydrogen-bond donors (Lipinski definition) is 2. The molecule has 1 aliphatic carbocycles. The summed E-state index contributed by atoms with van der Waals surface area (Å²) in [6, 6.07) is 12.1. The molecule has 0 aliphatic heterocycles. The van der Waals surface area contributed by atoms with Gasteiger partial charge < -0.3 is 10.4 Å². The van der Waals surface area contributed by atoms with Gasteiger partial charge in [0, 0.05) is 25.1 Å². The van der Waals surface area contributed by atoms with Crippen molar-refractivity contribution in [3.05, 3.63) is 77.4 Å². The van der Waals surface area contributed by atoms with Crippen molar-refractivity contribution in [1.29, 1.82) is 0 Å². The van der Waals surface area contributed by atoms with Crippen LogP contribution in [0, 0.1) is 12.8 Å². The molecule has 3 aromatic rings. The van der Waals surface area contributed by atoms with Crippen LogP contribution in [-0.4, -0.2) is 38.8 Å². The number of rotatable bonds is 6. The predicted octanol–water partition coefficient (Wildman–Crippen LogP) is 3.01. The largest absolute Gasteiger partial charge is 0.483 e. The predicted molar refractivity (Wildman–Crippen MR) is 109 cm³/mol. The zero-order chi connectivity index (χ0) is 20.6. The van der Waals surface area contributed by atoms with E-state index < -0.39 is 0 Å². The van der Waals surface area contributed by atoms with E-state index in [-0.39, 0.29) is 12.4 Å². The SMILES string of the molecule is Cc1cnc(C(=O)NCC2CC2)cc1Cc1ccc(-n2cccn2)cc1.O=CO. The molecule has 4 rings (SSSR count). The van der Waals surface area contributed by atoms with Crippen LogP contribution in [0.25, 0.3) is 5.69 Å². The Morgan fingerprint density at radius 1 is 1.31 bits per heavy atom. The van der Waals surface area contributed by atoms with Crippen LogP contribution in [0.5, 0.6) is 0 Å². The summed E-state index contributed by atoms with van der Waals surface area (Å²) in [5, 5.41) is 14.1. The first-order valence-corrected chi connectivity index (χ1v) is 9.51. The third-order valence-electron chi connectivity index (χ3n) is 4.80. The van der Waals surface area contributed by atoms with Crippen LogP contribution in [0.15, 0.2) is 55.0 Å². The number of carbonyl (C=O) groups excluding carboxylic acids is 1. The van der Waals surface area contributed by atoms with Crippen molar-refractivity contribution in [1.82, 2.24) is 20.1 Å². The van der Waals surface area contributed by atoms with Gasteiger partial charge in [0.1, 0.15) is 5.69 Å². The van der Waals surface area contributed by atoms with E-state index in [1.807, 2.05) is 29.9 Å². The number of pyridine rings is 1. The quantitative estimate of drug-likeness (QED) is 0.629. The molecule has 2 aromatic heterocycles. The second-order valence-corrected chi connectivity index (χ2v) is 7.05. The summed E-state index contributed by atoms with van der Waals surface area (Å²) >= 11 is 0. The number of nitrogens with zero attached hydrogens (tertiary/aromatic N) is 3. The summed E-state index contributed by atoms with van der Waals surface area (Å²) in [4.78, 5) is 24.9. The van der Waals surface area contributed by atoms with Crippen molar-refractivity contribution in [2.45, 2.75) is 26.2 Å². The van der Waals surface area contributed by atoms with Gasteiger partial charge in [-0.2, -0.15) is 5.10 Å². The normalized spacial score (nSPS) is 12.6. The monoisotopic (exact) mass is 392 g/mol. The molecule has 2 N–H and O–H groups in total. The van der Waals surface area contributed by atoms with Crippen molar-refractivity contribution in [3.8, 4) is 5.69 Å². The molecule has 0 radical (unpaired) electrons. The zero-order valence-electron chi connectivity index (χ0n) is 16.3. The number of aromatic nitrogens is 3. The van der Waals surface area contributed by atoms with Crippen LogP contribution in [0.3, 0.4) is 0 Å². The highest BCUT2D eigenvalue weighted by Crippen LogP contribution is 2.27. The number of hydrogen-bond acceptors (Lipinski definition) is 4. The van der Waals surface area contributed by atoms with Gasteiger partial charge in [-0.25, -0.2) is 4.68 Å². The Morgan fingerprint density at radius 2 is 2.03 bits per heavy atom. The van der Waals surface area contributed by atoms with E-state index in [2.05, 4.69) is 39.7 Å². The van der Waals surface area contributed by atoms with E-state index in [1.54, 1.807) is 12.4 Å². The van der Waals surface area contributed by atoms with E-state index >= 15 is 0 Å². The van der Waals surface area contributed by atoms with E-state index in [9.17, 15) is 4.79 Å². The van der Waals surface area contributed by atoms with Crippen LogP contribution >= 0.6 is 0 Å². The average molecular weight is 392 g/mol. The summed E-state index contributed by atoms with van der Waals surface area (Å²) in [5.41, 5.74) is 4.95. The molecule has 1 saturated carbocycles. The highest BCUT2D eigenvalue weighted by molar-refractivity contribution is 5.92. The van der Waals surface area contributed by atoms with Gasteiger partial charge in [-0.15, -0.1) is 0 Å². The van der Waals surface area contributed by atoms with Crippen LogP contribution in [0.2, 0.25) is 0 Å². The molecule has 0 atom stereocenters. The Balaban J connectivity index is 0.000000755. The summed E-state index contributed by atoms with van der Waals surface area (Å²) in [6.07, 6.45) is 8.71. The number of nitrogens with one attached hydrogen (secondary N) is 1. The molecule has 150 valence electrons. The topological polar surface area (TPSA) is 97.1 Å².